The molecule has 0 spiro atoms. The Morgan fingerprint density at radius 1 is 1.10 bits per heavy atom. The predicted octanol–water partition coefficient (Wildman–Crippen LogP) is 5.44. The van der Waals surface area contributed by atoms with Crippen LogP contribution in [0.1, 0.15) is 63.4 Å². The quantitative estimate of drug-likeness (QED) is 0.234. The van der Waals surface area contributed by atoms with E-state index in [0.29, 0.717) is 6.10 Å². The first kappa shape index (κ1) is 25.4. The number of hydroxylamine groups is 2. The molecule has 1 aromatic rings. The number of hydrogen-bond acceptors (Lipinski definition) is 4. The van der Waals surface area contributed by atoms with E-state index in [2.05, 4.69) is 17.2 Å². The van der Waals surface area contributed by atoms with Crippen LogP contribution in [0.2, 0.25) is 0 Å². The summed E-state index contributed by atoms with van der Waals surface area (Å²) in [5.41, 5.74) is 1.94. The zero-order valence-electron chi connectivity index (χ0n) is 19.4. The molecule has 0 aromatic heterocycles. The normalized spacial score (nSPS) is 18.5. The van der Waals surface area contributed by atoms with Crippen LogP contribution in [0.5, 0.6) is 0 Å². The Morgan fingerprint density at radius 3 is 2.48 bits per heavy atom. The molecule has 1 aliphatic carbocycles. The number of rotatable bonds is 14. The van der Waals surface area contributed by atoms with E-state index in [1.165, 1.54) is 24.3 Å². The Labute approximate surface area is 188 Å². The molecule has 2 N–H and O–H groups in total. The van der Waals surface area contributed by atoms with E-state index in [4.69, 9.17) is 9.57 Å². The zero-order chi connectivity index (χ0) is 22.3. The average molecular weight is 432 g/mol. The van der Waals surface area contributed by atoms with Crippen molar-refractivity contribution in [2.75, 3.05) is 32.1 Å². The van der Waals surface area contributed by atoms with Crippen LogP contribution in [0.15, 0.2) is 36.9 Å². The van der Waals surface area contributed by atoms with Gasteiger partial charge in [0.05, 0.1) is 19.3 Å². The number of nitrogens with one attached hydrogen (secondary N) is 2. The first-order valence-electron chi connectivity index (χ1n) is 11.8. The fourth-order valence-electron chi connectivity index (χ4n) is 3.94. The number of aryl methyl sites for hydroxylation is 1. The number of anilines is 1. The summed E-state index contributed by atoms with van der Waals surface area (Å²) >= 11 is 0. The Bertz CT molecular complexity index is 627. The lowest BCUT2D eigenvalue weighted by Crippen LogP contribution is -2.44. The number of urea groups is 1. The molecule has 2 rings (SSSR count). The molecule has 2 amide bonds. The first-order valence-corrected chi connectivity index (χ1v) is 11.8. The zero-order valence-corrected chi connectivity index (χ0v) is 19.4. The summed E-state index contributed by atoms with van der Waals surface area (Å²) in [4.78, 5) is 18.1. The maximum atomic E-state index is 12.6. The van der Waals surface area contributed by atoms with Gasteiger partial charge in [-0.1, -0.05) is 36.6 Å². The summed E-state index contributed by atoms with van der Waals surface area (Å²) < 4.78 is 6.09. The van der Waals surface area contributed by atoms with Gasteiger partial charge in [0.25, 0.3) is 0 Å². The van der Waals surface area contributed by atoms with E-state index >= 15 is 0 Å². The molecule has 174 valence electrons. The molecule has 1 aromatic carbocycles. The van der Waals surface area contributed by atoms with Crippen LogP contribution < -0.4 is 10.6 Å². The number of carbonyl (C=O) groups is 1. The molecule has 1 aliphatic rings. The van der Waals surface area contributed by atoms with Crippen LogP contribution in [0.25, 0.3) is 0 Å². The van der Waals surface area contributed by atoms with Crippen molar-refractivity contribution < 1.29 is 14.4 Å². The average Bonchev–Trinajstić information content (AvgIpc) is 2.78. The van der Waals surface area contributed by atoms with Gasteiger partial charge in [-0.05, 0) is 77.1 Å². The summed E-state index contributed by atoms with van der Waals surface area (Å²) in [6.07, 6.45) is 11.8. The monoisotopic (exact) mass is 431 g/mol. The third-order valence-electron chi connectivity index (χ3n) is 5.80. The first-order chi connectivity index (χ1) is 15.1. The van der Waals surface area contributed by atoms with Crippen molar-refractivity contribution in [3.05, 3.63) is 42.5 Å². The number of carbonyl (C=O) groups excluding carboxylic acids is 1. The molecule has 0 unspecified atom stereocenters. The minimum atomic E-state index is -0.213. The minimum absolute atomic E-state index is 0.0869. The molecule has 31 heavy (non-hydrogen) atoms. The highest BCUT2D eigenvalue weighted by Crippen LogP contribution is 2.26. The van der Waals surface area contributed by atoms with Gasteiger partial charge in [-0.2, -0.15) is 0 Å². The predicted molar refractivity (Wildman–Crippen MR) is 127 cm³/mol. The molecule has 0 aliphatic heterocycles. The number of ether oxygens (including phenoxy) is 1. The fourth-order valence-corrected chi connectivity index (χ4v) is 3.94. The van der Waals surface area contributed by atoms with Gasteiger partial charge in [-0.3, -0.25) is 4.84 Å². The van der Waals surface area contributed by atoms with Crippen LogP contribution in [0.4, 0.5) is 10.5 Å². The molecule has 0 heterocycles. The number of unbranched alkanes of at least 4 members (excludes halogenated alkanes) is 3. The lowest BCUT2D eigenvalue weighted by Gasteiger charge is -2.35. The summed E-state index contributed by atoms with van der Waals surface area (Å²) in [6.45, 7) is 8.71. The lowest BCUT2D eigenvalue weighted by atomic mass is 9.93. The lowest BCUT2D eigenvalue weighted by molar-refractivity contribution is -0.128. The van der Waals surface area contributed by atoms with Crippen LogP contribution >= 0.6 is 0 Å². The van der Waals surface area contributed by atoms with Crippen LogP contribution in [-0.2, 0) is 9.57 Å². The topological polar surface area (TPSA) is 62.8 Å². The van der Waals surface area contributed by atoms with Crippen LogP contribution in [0.3, 0.4) is 0 Å². The van der Waals surface area contributed by atoms with Gasteiger partial charge in [0, 0.05) is 12.3 Å². The molecule has 6 heteroatoms. The molecular weight excluding hydrogens is 390 g/mol. The largest absolute Gasteiger partial charge is 0.378 e. The van der Waals surface area contributed by atoms with Gasteiger partial charge in [-0.15, -0.1) is 6.58 Å². The summed E-state index contributed by atoms with van der Waals surface area (Å²) in [5.74, 6) is 0. The number of amides is 2. The summed E-state index contributed by atoms with van der Waals surface area (Å²) in [7, 11) is 1.56. The highest BCUT2D eigenvalue weighted by Gasteiger charge is 2.29. The van der Waals surface area contributed by atoms with Crippen molar-refractivity contribution in [3.63, 3.8) is 0 Å². The molecule has 1 fully saturated rings. The molecule has 0 atom stereocenters. The Balaban J connectivity index is 1.57. The third kappa shape index (κ3) is 9.85. The molecular formula is C25H41N3O3. The maximum Gasteiger partial charge on any atom is 0.346 e. The molecule has 0 radical (unpaired) electrons. The van der Waals surface area contributed by atoms with Crippen molar-refractivity contribution in [2.24, 2.45) is 0 Å². The smallest absolute Gasteiger partial charge is 0.346 e. The highest BCUT2D eigenvalue weighted by molar-refractivity contribution is 5.88. The van der Waals surface area contributed by atoms with Gasteiger partial charge < -0.3 is 15.4 Å². The van der Waals surface area contributed by atoms with Crippen molar-refractivity contribution in [1.82, 2.24) is 10.4 Å². The molecule has 0 saturated heterocycles. The maximum absolute atomic E-state index is 12.6. The van der Waals surface area contributed by atoms with Crippen molar-refractivity contribution in [3.8, 4) is 0 Å². The van der Waals surface area contributed by atoms with Crippen molar-refractivity contribution in [1.29, 1.82) is 0 Å². The Morgan fingerprint density at radius 2 is 1.81 bits per heavy atom. The summed E-state index contributed by atoms with van der Waals surface area (Å²) in [5, 5.41) is 7.83. The summed E-state index contributed by atoms with van der Waals surface area (Å²) in [6, 6.07) is 7.66. The standard InChI is InChI=1S/C25H41N3O3/c1-4-5-18-26-19-8-6-7-9-20-31-24-16-14-23(15-17-24)28(30-3)25(29)27-22-12-10-21(2)11-13-22/h4,10-13,23-24,26H,1,5-9,14-20H2,2-3H3,(H,27,29). The number of benzene rings is 1. The second kappa shape index (κ2) is 15.0. The molecule has 6 nitrogen and oxygen atoms in total. The third-order valence-corrected chi connectivity index (χ3v) is 5.80. The van der Waals surface area contributed by atoms with E-state index < -0.39 is 0 Å². The van der Waals surface area contributed by atoms with Gasteiger partial charge >= 0.3 is 6.03 Å². The van der Waals surface area contributed by atoms with E-state index in [1.54, 1.807) is 7.11 Å². The van der Waals surface area contributed by atoms with Gasteiger partial charge in [0.2, 0.25) is 0 Å². The van der Waals surface area contributed by atoms with Crippen LogP contribution in [-0.4, -0.2) is 50.0 Å². The molecule has 0 bridgehead atoms. The van der Waals surface area contributed by atoms with Gasteiger partial charge in [-0.25, -0.2) is 9.86 Å². The van der Waals surface area contributed by atoms with Crippen LogP contribution in [0, 0.1) is 6.92 Å². The Kier molecular flexibility index (Phi) is 12.3. The number of nitrogens with zero attached hydrogens (tertiary/aromatic N) is 1. The molecule has 1 saturated carbocycles. The Hall–Kier alpha value is -1.89. The SMILES string of the molecule is C=CCCNCCCCCCOC1CCC(N(OC)C(=O)Nc2ccc(C)cc2)CC1. The minimum Gasteiger partial charge on any atom is -0.378 e. The number of hydrogen-bond donors (Lipinski definition) is 2. The van der Waals surface area contributed by atoms with E-state index in [9.17, 15) is 4.79 Å². The fraction of sp³-hybridized carbons (Fsp3) is 0.640. The van der Waals surface area contributed by atoms with Crippen molar-refractivity contribution in [2.45, 2.75) is 76.9 Å². The second-order valence-corrected chi connectivity index (χ2v) is 8.35. The second-order valence-electron chi connectivity index (χ2n) is 8.35. The van der Waals surface area contributed by atoms with E-state index in [0.717, 1.165) is 69.5 Å². The van der Waals surface area contributed by atoms with E-state index in [1.807, 2.05) is 37.3 Å². The van der Waals surface area contributed by atoms with Gasteiger partial charge in [0.1, 0.15) is 0 Å². The highest BCUT2D eigenvalue weighted by atomic mass is 16.7. The van der Waals surface area contributed by atoms with Gasteiger partial charge in [0.15, 0.2) is 0 Å². The van der Waals surface area contributed by atoms with E-state index in [-0.39, 0.29) is 12.1 Å². The van der Waals surface area contributed by atoms with Crippen molar-refractivity contribution >= 4 is 11.7 Å².